The Kier molecular flexibility index (Phi) is 4.30. The van der Waals surface area contributed by atoms with Gasteiger partial charge in [0.2, 0.25) is 5.91 Å². The molecule has 4 nitrogen and oxygen atoms in total. The normalized spacial score (nSPS) is 22.8. The number of hydrogen-bond donors (Lipinski definition) is 2. The van der Waals surface area contributed by atoms with Gasteiger partial charge in [0.25, 0.3) is 0 Å². The third-order valence-electron chi connectivity index (χ3n) is 3.90. The maximum absolute atomic E-state index is 12.2. The summed E-state index contributed by atoms with van der Waals surface area (Å²) < 4.78 is 5.09. The van der Waals surface area contributed by atoms with Gasteiger partial charge in [0.05, 0.1) is 18.5 Å². The number of anilines is 2. The van der Waals surface area contributed by atoms with Gasteiger partial charge < -0.3 is 15.8 Å². The van der Waals surface area contributed by atoms with Gasteiger partial charge in [-0.2, -0.15) is 0 Å². The van der Waals surface area contributed by atoms with E-state index in [0.717, 1.165) is 31.6 Å². The van der Waals surface area contributed by atoms with Crippen molar-refractivity contribution < 1.29 is 9.53 Å². The number of rotatable bonds is 3. The number of ether oxygens (including phenoxy) is 1. The van der Waals surface area contributed by atoms with Gasteiger partial charge in [-0.3, -0.25) is 4.79 Å². The number of carbonyl (C=O) groups is 1. The monoisotopic (exact) mass is 262 g/mol. The molecule has 0 bridgehead atoms. The lowest BCUT2D eigenvalue weighted by molar-refractivity contribution is -0.121. The third kappa shape index (κ3) is 3.40. The molecule has 1 fully saturated rings. The summed E-state index contributed by atoms with van der Waals surface area (Å²) in [5.74, 6) is 1.65. The van der Waals surface area contributed by atoms with Gasteiger partial charge in [0.15, 0.2) is 0 Å². The number of nitrogens with one attached hydrogen (secondary N) is 1. The average Bonchev–Trinajstić information content (AvgIpc) is 2.41. The van der Waals surface area contributed by atoms with Crippen LogP contribution in [0.1, 0.15) is 32.6 Å². The molecule has 19 heavy (non-hydrogen) atoms. The van der Waals surface area contributed by atoms with E-state index in [0.29, 0.717) is 17.1 Å². The topological polar surface area (TPSA) is 64.3 Å². The van der Waals surface area contributed by atoms with Gasteiger partial charge >= 0.3 is 0 Å². The molecule has 4 heteroatoms. The largest absolute Gasteiger partial charge is 0.497 e. The predicted octanol–water partition coefficient (Wildman–Crippen LogP) is 3.04. The molecule has 1 saturated carbocycles. The number of nitrogens with two attached hydrogens (primary N) is 1. The zero-order valence-electron chi connectivity index (χ0n) is 11.6. The summed E-state index contributed by atoms with van der Waals surface area (Å²) in [5, 5.41) is 2.93. The first-order valence-corrected chi connectivity index (χ1v) is 6.84. The standard InChI is InChI=1S/C15H22N2O2/c1-10-3-5-11(6-4-10)15(18)17-14-8-7-12(19-2)9-13(14)16/h7-11H,3-6,16H2,1-2H3,(H,17,18). The highest BCUT2D eigenvalue weighted by Gasteiger charge is 2.24. The molecule has 0 radical (unpaired) electrons. The molecule has 1 aliphatic rings. The molecule has 0 spiro atoms. The second-order valence-electron chi connectivity index (χ2n) is 5.40. The number of nitrogen functional groups attached to an aromatic ring is 1. The Morgan fingerprint density at radius 1 is 1.32 bits per heavy atom. The molecule has 0 heterocycles. The molecule has 0 saturated heterocycles. The lowest BCUT2D eigenvalue weighted by Gasteiger charge is -2.25. The highest BCUT2D eigenvalue weighted by molar-refractivity contribution is 5.95. The van der Waals surface area contributed by atoms with Crippen molar-refractivity contribution in [3.05, 3.63) is 18.2 Å². The minimum Gasteiger partial charge on any atom is -0.497 e. The van der Waals surface area contributed by atoms with Gasteiger partial charge in [0, 0.05) is 12.0 Å². The second kappa shape index (κ2) is 5.95. The molecule has 0 aromatic heterocycles. The van der Waals surface area contributed by atoms with E-state index in [1.807, 2.05) is 0 Å². The summed E-state index contributed by atoms with van der Waals surface area (Å²) >= 11 is 0. The summed E-state index contributed by atoms with van der Waals surface area (Å²) in [6, 6.07) is 5.31. The fraction of sp³-hybridized carbons (Fsp3) is 0.533. The van der Waals surface area contributed by atoms with Gasteiger partial charge in [0.1, 0.15) is 5.75 Å². The molecule has 0 atom stereocenters. The maximum atomic E-state index is 12.2. The van der Waals surface area contributed by atoms with E-state index >= 15 is 0 Å². The Bertz CT molecular complexity index is 451. The first-order valence-electron chi connectivity index (χ1n) is 6.84. The van der Waals surface area contributed by atoms with Crippen LogP contribution < -0.4 is 15.8 Å². The fourth-order valence-corrected chi connectivity index (χ4v) is 2.54. The highest BCUT2D eigenvalue weighted by atomic mass is 16.5. The first-order chi connectivity index (χ1) is 9.10. The Morgan fingerprint density at radius 2 is 2.00 bits per heavy atom. The van der Waals surface area contributed by atoms with Crippen LogP contribution in [0.4, 0.5) is 11.4 Å². The average molecular weight is 262 g/mol. The molecule has 3 N–H and O–H groups in total. The van der Waals surface area contributed by atoms with Crippen molar-refractivity contribution >= 4 is 17.3 Å². The molecular formula is C15H22N2O2. The molecule has 0 unspecified atom stereocenters. The number of amides is 1. The van der Waals surface area contributed by atoms with Crippen LogP contribution in [0, 0.1) is 11.8 Å². The Hall–Kier alpha value is -1.71. The maximum Gasteiger partial charge on any atom is 0.227 e. The van der Waals surface area contributed by atoms with Crippen molar-refractivity contribution in [3.8, 4) is 5.75 Å². The zero-order chi connectivity index (χ0) is 13.8. The van der Waals surface area contributed by atoms with Crippen LogP contribution in [0.25, 0.3) is 0 Å². The van der Waals surface area contributed by atoms with Crippen LogP contribution in [-0.2, 0) is 4.79 Å². The number of benzene rings is 1. The molecule has 1 aromatic carbocycles. The van der Waals surface area contributed by atoms with Crippen LogP contribution in [0.15, 0.2) is 18.2 Å². The van der Waals surface area contributed by atoms with Crippen LogP contribution in [0.2, 0.25) is 0 Å². The van der Waals surface area contributed by atoms with Crippen molar-refractivity contribution in [2.24, 2.45) is 11.8 Å². The van der Waals surface area contributed by atoms with E-state index in [1.165, 1.54) is 0 Å². The summed E-state index contributed by atoms with van der Waals surface area (Å²) in [7, 11) is 1.59. The SMILES string of the molecule is COc1ccc(NC(=O)C2CCC(C)CC2)c(N)c1. The van der Waals surface area contributed by atoms with Crippen LogP contribution in [0.5, 0.6) is 5.75 Å². The summed E-state index contributed by atoms with van der Waals surface area (Å²) in [5.41, 5.74) is 7.11. The van der Waals surface area contributed by atoms with Gasteiger partial charge in [-0.05, 0) is 43.7 Å². The van der Waals surface area contributed by atoms with Crippen molar-refractivity contribution in [3.63, 3.8) is 0 Å². The van der Waals surface area contributed by atoms with Gasteiger partial charge in [-0.1, -0.05) is 6.92 Å². The van der Waals surface area contributed by atoms with Crippen molar-refractivity contribution in [1.29, 1.82) is 0 Å². The van der Waals surface area contributed by atoms with E-state index in [4.69, 9.17) is 10.5 Å². The summed E-state index contributed by atoms with van der Waals surface area (Å²) in [4.78, 5) is 12.2. The van der Waals surface area contributed by atoms with E-state index in [1.54, 1.807) is 25.3 Å². The van der Waals surface area contributed by atoms with E-state index in [9.17, 15) is 4.79 Å². The van der Waals surface area contributed by atoms with Gasteiger partial charge in [-0.25, -0.2) is 0 Å². The summed E-state index contributed by atoms with van der Waals surface area (Å²) in [6.45, 7) is 2.25. The van der Waals surface area contributed by atoms with E-state index in [-0.39, 0.29) is 11.8 Å². The van der Waals surface area contributed by atoms with Crippen molar-refractivity contribution in [2.45, 2.75) is 32.6 Å². The minimum atomic E-state index is 0.0868. The number of methoxy groups -OCH3 is 1. The lowest BCUT2D eigenvalue weighted by Crippen LogP contribution is -2.26. The van der Waals surface area contributed by atoms with Crippen LogP contribution in [-0.4, -0.2) is 13.0 Å². The zero-order valence-corrected chi connectivity index (χ0v) is 11.6. The molecule has 104 valence electrons. The van der Waals surface area contributed by atoms with Crippen LogP contribution in [0.3, 0.4) is 0 Å². The first kappa shape index (κ1) is 13.7. The minimum absolute atomic E-state index is 0.0868. The third-order valence-corrected chi connectivity index (χ3v) is 3.90. The molecule has 1 amide bonds. The lowest BCUT2D eigenvalue weighted by atomic mass is 9.82. The van der Waals surface area contributed by atoms with Crippen molar-refractivity contribution in [2.75, 3.05) is 18.2 Å². The number of hydrogen-bond acceptors (Lipinski definition) is 3. The molecule has 1 aliphatic carbocycles. The Balaban J connectivity index is 1.99. The van der Waals surface area contributed by atoms with Crippen LogP contribution >= 0.6 is 0 Å². The summed E-state index contributed by atoms with van der Waals surface area (Å²) in [6.07, 6.45) is 4.22. The second-order valence-corrected chi connectivity index (χ2v) is 5.40. The van der Waals surface area contributed by atoms with E-state index < -0.39 is 0 Å². The smallest absolute Gasteiger partial charge is 0.227 e. The quantitative estimate of drug-likeness (QED) is 0.823. The van der Waals surface area contributed by atoms with Gasteiger partial charge in [-0.15, -0.1) is 0 Å². The number of carbonyl (C=O) groups excluding carboxylic acids is 1. The molecular weight excluding hydrogens is 240 g/mol. The Labute approximate surface area is 114 Å². The molecule has 2 rings (SSSR count). The fourth-order valence-electron chi connectivity index (χ4n) is 2.54. The predicted molar refractivity (Wildman–Crippen MR) is 77.2 cm³/mol. The van der Waals surface area contributed by atoms with E-state index in [2.05, 4.69) is 12.2 Å². The molecule has 0 aliphatic heterocycles. The van der Waals surface area contributed by atoms with Crippen molar-refractivity contribution in [1.82, 2.24) is 0 Å². The molecule has 1 aromatic rings. The Morgan fingerprint density at radius 3 is 2.58 bits per heavy atom. The highest BCUT2D eigenvalue weighted by Crippen LogP contribution is 2.30.